The Balaban J connectivity index is 2.21. The Kier molecular flexibility index (Phi) is 2.97. The summed E-state index contributed by atoms with van der Waals surface area (Å²) < 4.78 is 0. The van der Waals surface area contributed by atoms with E-state index in [1.54, 1.807) is 12.1 Å². The number of benzene rings is 1. The van der Waals surface area contributed by atoms with Crippen LogP contribution in [0.3, 0.4) is 0 Å². The lowest BCUT2D eigenvalue weighted by atomic mass is 10.1. The average Bonchev–Trinajstić information content (AvgIpc) is 2.70. The van der Waals surface area contributed by atoms with Crippen molar-refractivity contribution in [3.8, 4) is 0 Å². The number of fused-ring (bicyclic) bond motifs is 1. The molecule has 1 aromatic rings. The van der Waals surface area contributed by atoms with Gasteiger partial charge in [-0.15, -0.1) is 0 Å². The van der Waals surface area contributed by atoms with Gasteiger partial charge in [0.1, 0.15) is 0 Å². The fraction of sp³-hybridized carbons (Fsp3) is 0.462. The first-order valence-corrected chi connectivity index (χ1v) is 5.71. The van der Waals surface area contributed by atoms with Crippen LogP contribution in [0.15, 0.2) is 18.2 Å². The Bertz CT molecular complexity index is 414. The molecule has 0 saturated heterocycles. The molecule has 0 fully saturated rings. The van der Waals surface area contributed by atoms with Gasteiger partial charge in [-0.2, -0.15) is 0 Å². The van der Waals surface area contributed by atoms with Gasteiger partial charge in [0.25, 0.3) is 0 Å². The molecule has 3 nitrogen and oxygen atoms in total. The molecular weight excluding hydrogens is 202 g/mol. The second kappa shape index (κ2) is 4.26. The maximum absolute atomic E-state index is 10.9. The minimum absolute atomic E-state index is 0.393. The fourth-order valence-corrected chi connectivity index (χ4v) is 2.12. The Labute approximate surface area is 95.7 Å². The molecule has 0 bridgehead atoms. The van der Waals surface area contributed by atoms with Crippen molar-refractivity contribution in [1.82, 2.24) is 4.90 Å². The lowest BCUT2D eigenvalue weighted by molar-refractivity contribution is 0.0696. The molecule has 86 valence electrons. The predicted octanol–water partition coefficient (Wildman–Crippen LogP) is 2.50. The highest BCUT2D eigenvalue weighted by molar-refractivity contribution is 5.87. The molecule has 1 heterocycles. The minimum atomic E-state index is -0.843. The summed E-state index contributed by atoms with van der Waals surface area (Å²) in [5.74, 6) is -0.843. The van der Waals surface area contributed by atoms with E-state index in [9.17, 15) is 4.79 Å². The number of aromatic carboxylic acids is 1. The number of nitrogens with zero attached hydrogens (tertiary/aromatic N) is 1. The van der Waals surface area contributed by atoms with E-state index in [4.69, 9.17) is 5.11 Å². The zero-order chi connectivity index (χ0) is 11.7. The van der Waals surface area contributed by atoms with Gasteiger partial charge < -0.3 is 5.11 Å². The Morgan fingerprint density at radius 2 is 2.12 bits per heavy atom. The molecule has 1 aliphatic rings. The van der Waals surface area contributed by atoms with Crippen molar-refractivity contribution in [3.05, 3.63) is 34.9 Å². The van der Waals surface area contributed by atoms with Gasteiger partial charge in [-0.25, -0.2) is 4.79 Å². The van der Waals surface area contributed by atoms with E-state index in [0.717, 1.165) is 19.5 Å². The summed E-state index contributed by atoms with van der Waals surface area (Å²) in [5, 5.41) is 8.92. The molecular formula is C13H17NO2. The average molecular weight is 219 g/mol. The summed E-state index contributed by atoms with van der Waals surface area (Å²) in [7, 11) is 0. The van der Waals surface area contributed by atoms with Crippen LogP contribution in [0.2, 0.25) is 0 Å². The molecule has 0 amide bonds. The van der Waals surface area contributed by atoms with Crippen molar-refractivity contribution in [2.45, 2.75) is 39.4 Å². The minimum Gasteiger partial charge on any atom is -0.478 e. The summed E-state index contributed by atoms with van der Waals surface area (Å²) in [6.45, 7) is 6.22. The standard InChI is InChI=1S/C13H17NO2/c1-3-9(2)14-7-11-5-4-10(13(15)16)6-12(11)8-14/h4-6,9H,3,7-8H2,1-2H3,(H,15,16). The number of carbonyl (C=O) groups is 1. The van der Waals surface area contributed by atoms with Crippen LogP contribution in [0.5, 0.6) is 0 Å². The highest BCUT2D eigenvalue weighted by atomic mass is 16.4. The van der Waals surface area contributed by atoms with E-state index < -0.39 is 5.97 Å². The van der Waals surface area contributed by atoms with Crippen molar-refractivity contribution in [2.75, 3.05) is 0 Å². The van der Waals surface area contributed by atoms with Crippen LogP contribution in [0.25, 0.3) is 0 Å². The molecule has 16 heavy (non-hydrogen) atoms. The summed E-state index contributed by atoms with van der Waals surface area (Å²) in [6.07, 6.45) is 1.12. The van der Waals surface area contributed by atoms with Crippen LogP contribution in [-0.2, 0) is 13.1 Å². The molecule has 1 N–H and O–H groups in total. The molecule has 1 atom stereocenters. The van der Waals surface area contributed by atoms with Gasteiger partial charge in [0.05, 0.1) is 5.56 Å². The zero-order valence-corrected chi connectivity index (χ0v) is 9.73. The predicted molar refractivity (Wildman–Crippen MR) is 62.4 cm³/mol. The third-order valence-electron chi connectivity index (χ3n) is 3.41. The number of carboxylic acid groups (broad SMARTS) is 1. The quantitative estimate of drug-likeness (QED) is 0.849. The van der Waals surface area contributed by atoms with Crippen molar-refractivity contribution < 1.29 is 9.90 Å². The Morgan fingerprint density at radius 3 is 2.75 bits per heavy atom. The van der Waals surface area contributed by atoms with Gasteiger partial charge in [-0.05, 0) is 36.6 Å². The Morgan fingerprint density at radius 1 is 1.44 bits per heavy atom. The molecule has 0 aliphatic carbocycles. The summed E-state index contributed by atoms with van der Waals surface area (Å²) in [4.78, 5) is 13.2. The molecule has 0 spiro atoms. The van der Waals surface area contributed by atoms with Gasteiger partial charge in [-0.3, -0.25) is 4.90 Å². The van der Waals surface area contributed by atoms with Gasteiger partial charge in [0.15, 0.2) is 0 Å². The van der Waals surface area contributed by atoms with Crippen LogP contribution in [-0.4, -0.2) is 22.0 Å². The number of rotatable bonds is 3. The fourth-order valence-electron chi connectivity index (χ4n) is 2.12. The molecule has 0 saturated carbocycles. The number of carboxylic acids is 1. The normalized spacial score (nSPS) is 17.1. The Hall–Kier alpha value is -1.35. The van der Waals surface area contributed by atoms with Crippen LogP contribution < -0.4 is 0 Å². The molecule has 1 aliphatic heterocycles. The topological polar surface area (TPSA) is 40.5 Å². The van der Waals surface area contributed by atoms with Crippen LogP contribution in [0.1, 0.15) is 41.8 Å². The highest BCUT2D eigenvalue weighted by Crippen LogP contribution is 2.26. The highest BCUT2D eigenvalue weighted by Gasteiger charge is 2.22. The first-order chi connectivity index (χ1) is 7.61. The van der Waals surface area contributed by atoms with E-state index in [1.165, 1.54) is 11.1 Å². The van der Waals surface area contributed by atoms with Gasteiger partial charge in [-0.1, -0.05) is 13.0 Å². The molecule has 0 aromatic heterocycles. The SMILES string of the molecule is CCC(C)N1Cc2ccc(C(=O)O)cc2C1. The zero-order valence-electron chi connectivity index (χ0n) is 9.73. The second-order valence-electron chi connectivity index (χ2n) is 4.45. The van der Waals surface area contributed by atoms with Crippen LogP contribution in [0, 0.1) is 0 Å². The molecule has 0 radical (unpaired) electrons. The molecule has 1 unspecified atom stereocenters. The van der Waals surface area contributed by atoms with Gasteiger partial charge in [0.2, 0.25) is 0 Å². The van der Waals surface area contributed by atoms with Crippen molar-refractivity contribution in [2.24, 2.45) is 0 Å². The maximum atomic E-state index is 10.9. The van der Waals surface area contributed by atoms with Gasteiger partial charge in [0, 0.05) is 19.1 Å². The lowest BCUT2D eigenvalue weighted by Gasteiger charge is -2.21. The molecule has 1 aromatic carbocycles. The van der Waals surface area contributed by atoms with Gasteiger partial charge >= 0.3 is 5.97 Å². The van der Waals surface area contributed by atoms with Crippen LogP contribution >= 0.6 is 0 Å². The van der Waals surface area contributed by atoms with Crippen LogP contribution in [0.4, 0.5) is 0 Å². The largest absolute Gasteiger partial charge is 0.478 e. The second-order valence-corrected chi connectivity index (χ2v) is 4.45. The summed E-state index contributed by atoms with van der Waals surface area (Å²) in [6, 6.07) is 6.00. The van der Waals surface area contributed by atoms with E-state index in [1.807, 2.05) is 6.07 Å². The van der Waals surface area contributed by atoms with E-state index >= 15 is 0 Å². The first kappa shape index (κ1) is 11.1. The molecule has 3 heteroatoms. The smallest absolute Gasteiger partial charge is 0.335 e. The van der Waals surface area contributed by atoms with E-state index in [-0.39, 0.29) is 0 Å². The maximum Gasteiger partial charge on any atom is 0.335 e. The van der Waals surface area contributed by atoms with E-state index in [0.29, 0.717) is 11.6 Å². The monoisotopic (exact) mass is 219 g/mol. The first-order valence-electron chi connectivity index (χ1n) is 5.71. The summed E-state index contributed by atoms with van der Waals surface area (Å²) >= 11 is 0. The number of hydrogen-bond donors (Lipinski definition) is 1. The lowest BCUT2D eigenvalue weighted by Crippen LogP contribution is -2.26. The number of hydrogen-bond acceptors (Lipinski definition) is 2. The van der Waals surface area contributed by atoms with E-state index in [2.05, 4.69) is 18.7 Å². The third-order valence-corrected chi connectivity index (χ3v) is 3.41. The summed E-state index contributed by atoms with van der Waals surface area (Å²) in [5.41, 5.74) is 2.83. The van der Waals surface area contributed by atoms with Crippen molar-refractivity contribution in [3.63, 3.8) is 0 Å². The van der Waals surface area contributed by atoms with Crippen molar-refractivity contribution >= 4 is 5.97 Å². The molecule has 2 rings (SSSR count). The van der Waals surface area contributed by atoms with Crippen molar-refractivity contribution in [1.29, 1.82) is 0 Å². The third kappa shape index (κ3) is 1.95.